The largest absolute Gasteiger partial charge is 0.350 e. The van der Waals surface area contributed by atoms with E-state index >= 15 is 0 Å². The number of para-hydroxylation sites is 2. The van der Waals surface area contributed by atoms with E-state index in [1.54, 1.807) is 19.1 Å². The van der Waals surface area contributed by atoms with Crippen molar-refractivity contribution >= 4 is 26.8 Å². The maximum Gasteiger partial charge on any atom is 0.252 e. The van der Waals surface area contributed by atoms with Gasteiger partial charge in [0.2, 0.25) is 0 Å². The lowest BCUT2D eigenvalue weighted by molar-refractivity contribution is 0.0949. The van der Waals surface area contributed by atoms with E-state index in [2.05, 4.69) is 10.3 Å². The van der Waals surface area contributed by atoms with Crippen molar-refractivity contribution < 1.29 is 13.2 Å². The molecule has 0 radical (unpaired) electrons. The molecule has 1 heterocycles. The quantitative estimate of drug-likeness (QED) is 0.722. The second-order valence-electron chi connectivity index (χ2n) is 5.95. The van der Waals surface area contributed by atoms with Crippen molar-refractivity contribution in [2.45, 2.75) is 25.3 Å². The number of aromatic nitrogens is 2. The van der Waals surface area contributed by atoms with E-state index in [0.29, 0.717) is 13.1 Å². The van der Waals surface area contributed by atoms with Crippen molar-refractivity contribution in [3.8, 4) is 0 Å². The van der Waals surface area contributed by atoms with E-state index in [-0.39, 0.29) is 22.1 Å². The smallest absolute Gasteiger partial charge is 0.252 e. The average Bonchev–Trinajstić information content (AvgIpc) is 2.97. The number of nitrogens with one attached hydrogen (secondary N) is 1. The van der Waals surface area contributed by atoms with E-state index in [9.17, 15) is 13.2 Å². The maximum absolute atomic E-state index is 12.5. The Bertz CT molecular complexity index is 1050. The molecule has 7 heteroatoms. The summed E-state index contributed by atoms with van der Waals surface area (Å²) in [7, 11) is -3.45. The predicted molar refractivity (Wildman–Crippen MR) is 101 cm³/mol. The fourth-order valence-electron chi connectivity index (χ4n) is 2.94. The number of sulfone groups is 1. The van der Waals surface area contributed by atoms with Crippen molar-refractivity contribution in [3.05, 3.63) is 59.9 Å². The fraction of sp³-hybridized carbons (Fsp3) is 0.263. The monoisotopic (exact) mass is 371 g/mol. The number of hydrogen-bond acceptors (Lipinski definition) is 4. The van der Waals surface area contributed by atoms with Gasteiger partial charge in [-0.1, -0.05) is 31.2 Å². The Morgan fingerprint density at radius 2 is 1.81 bits per heavy atom. The van der Waals surface area contributed by atoms with Gasteiger partial charge in [0.1, 0.15) is 5.82 Å². The molecule has 6 nitrogen and oxygen atoms in total. The topological polar surface area (TPSA) is 81.1 Å². The van der Waals surface area contributed by atoms with Crippen LogP contribution in [-0.2, 0) is 16.4 Å². The molecule has 0 spiro atoms. The van der Waals surface area contributed by atoms with Crippen LogP contribution in [0.4, 0.5) is 0 Å². The van der Waals surface area contributed by atoms with E-state index < -0.39 is 9.84 Å². The number of carbonyl (C=O) groups excluding carboxylic acids is 1. The molecule has 0 aliphatic heterocycles. The molecular weight excluding hydrogens is 350 g/mol. The number of benzene rings is 2. The molecule has 136 valence electrons. The number of fused-ring (bicyclic) bond motifs is 1. The first kappa shape index (κ1) is 18.1. The summed E-state index contributed by atoms with van der Waals surface area (Å²) in [5, 5.41) is 2.81. The highest BCUT2D eigenvalue weighted by Crippen LogP contribution is 2.17. The van der Waals surface area contributed by atoms with Crippen LogP contribution in [0.25, 0.3) is 11.0 Å². The van der Waals surface area contributed by atoms with Crippen LogP contribution in [0.3, 0.4) is 0 Å². The van der Waals surface area contributed by atoms with Crippen LogP contribution in [0.15, 0.2) is 53.4 Å². The molecular formula is C19H21N3O3S. The van der Waals surface area contributed by atoms with E-state index in [1.807, 2.05) is 35.8 Å². The van der Waals surface area contributed by atoms with Crippen LogP contribution in [0.5, 0.6) is 0 Å². The van der Waals surface area contributed by atoms with Crippen LogP contribution in [0, 0.1) is 6.92 Å². The molecule has 0 bridgehead atoms. The second kappa shape index (κ2) is 7.29. The summed E-state index contributed by atoms with van der Waals surface area (Å²) in [6.45, 7) is 4.42. The maximum atomic E-state index is 12.5. The molecule has 3 rings (SSSR count). The predicted octanol–water partition coefficient (Wildman–Crippen LogP) is 2.57. The lowest BCUT2D eigenvalue weighted by atomic mass is 10.2. The molecule has 0 saturated carbocycles. The Morgan fingerprint density at radius 3 is 2.58 bits per heavy atom. The van der Waals surface area contributed by atoms with Crippen molar-refractivity contribution in [1.82, 2.24) is 14.9 Å². The Hall–Kier alpha value is -2.67. The van der Waals surface area contributed by atoms with Crippen LogP contribution in [0.1, 0.15) is 23.1 Å². The van der Waals surface area contributed by atoms with Gasteiger partial charge in [-0.05, 0) is 31.2 Å². The molecule has 0 atom stereocenters. The summed E-state index contributed by atoms with van der Waals surface area (Å²) in [6, 6.07) is 14.1. The highest BCUT2D eigenvalue weighted by molar-refractivity contribution is 7.91. The van der Waals surface area contributed by atoms with Crippen molar-refractivity contribution in [2.24, 2.45) is 0 Å². The second-order valence-corrected chi connectivity index (χ2v) is 8.20. The Labute approximate surface area is 152 Å². The molecule has 2 aromatic carbocycles. The molecule has 3 aromatic rings. The molecule has 1 amide bonds. The van der Waals surface area contributed by atoms with Crippen molar-refractivity contribution in [3.63, 3.8) is 0 Å². The summed E-state index contributed by atoms with van der Waals surface area (Å²) in [5.74, 6) is 0.437. The zero-order chi connectivity index (χ0) is 18.7. The van der Waals surface area contributed by atoms with Crippen LogP contribution < -0.4 is 5.32 Å². The third-order valence-corrected chi connectivity index (χ3v) is 6.10. The lowest BCUT2D eigenvalue weighted by Gasteiger charge is -2.11. The van der Waals surface area contributed by atoms with Gasteiger partial charge in [0.15, 0.2) is 9.84 Å². The van der Waals surface area contributed by atoms with Gasteiger partial charge in [-0.3, -0.25) is 4.79 Å². The number of nitrogens with zero attached hydrogens (tertiary/aromatic N) is 2. The first-order valence-electron chi connectivity index (χ1n) is 8.46. The minimum absolute atomic E-state index is 0.0441. The summed E-state index contributed by atoms with van der Waals surface area (Å²) in [4.78, 5) is 17.1. The number of rotatable bonds is 6. The summed E-state index contributed by atoms with van der Waals surface area (Å²) in [6.07, 6.45) is 0. The Kier molecular flexibility index (Phi) is 5.08. The van der Waals surface area contributed by atoms with Gasteiger partial charge in [0.05, 0.1) is 27.2 Å². The highest BCUT2D eigenvalue weighted by atomic mass is 32.2. The van der Waals surface area contributed by atoms with Gasteiger partial charge >= 0.3 is 0 Å². The fourth-order valence-corrected chi connectivity index (χ4v) is 4.03. The zero-order valence-electron chi connectivity index (χ0n) is 14.8. The molecule has 26 heavy (non-hydrogen) atoms. The molecule has 0 fully saturated rings. The number of imidazole rings is 1. The number of carbonyl (C=O) groups is 1. The Balaban J connectivity index is 1.75. The molecule has 0 unspecified atom stereocenters. The molecule has 0 aliphatic rings. The number of aryl methyl sites for hydroxylation is 1. The van der Waals surface area contributed by atoms with Gasteiger partial charge in [-0.2, -0.15) is 0 Å². The Morgan fingerprint density at radius 1 is 1.12 bits per heavy atom. The minimum atomic E-state index is -3.45. The SMILES string of the molecule is CCS(=O)(=O)c1ccccc1C(=O)NCCn1c(C)nc2ccccc21. The number of amides is 1. The normalized spacial score (nSPS) is 11.6. The van der Waals surface area contributed by atoms with Gasteiger partial charge < -0.3 is 9.88 Å². The van der Waals surface area contributed by atoms with E-state index in [0.717, 1.165) is 16.9 Å². The summed E-state index contributed by atoms with van der Waals surface area (Å²) < 4.78 is 26.4. The standard InChI is InChI=1S/C19H21N3O3S/c1-3-26(24,25)18-11-7-4-8-15(18)19(23)20-12-13-22-14(2)21-16-9-5-6-10-17(16)22/h4-11H,3,12-13H2,1-2H3,(H,20,23). The van der Waals surface area contributed by atoms with Crippen LogP contribution in [0.2, 0.25) is 0 Å². The van der Waals surface area contributed by atoms with Gasteiger partial charge in [0, 0.05) is 13.1 Å². The van der Waals surface area contributed by atoms with Gasteiger partial charge in [0.25, 0.3) is 5.91 Å². The van der Waals surface area contributed by atoms with Gasteiger partial charge in [-0.15, -0.1) is 0 Å². The van der Waals surface area contributed by atoms with Crippen LogP contribution in [-0.4, -0.2) is 36.2 Å². The number of hydrogen-bond donors (Lipinski definition) is 1. The molecule has 0 aliphatic carbocycles. The molecule has 0 saturated heterocycles. The average molecular weight is 371 g/mol. The third-order valence-electron chi connectivity index (χ3n) is 4.31. The summed E-state index contributed by atoms with van der Waals surface area (Å²) in [5.41, 5.74) is 2.10. The van der Waals surface area contributed by atoms with Crippen molar-refractivity contribution in [2.75, 3.05) is 12.3 Å². The van der Waals surface area contributed by atoms with E-state index in [1.165, 1.54) is 12.1 Å². The first-order chi connectivity index (χ1) is 12.4. The lowest BCUT2D eigenvalue weighted by Crippen LogP contribution is -2.29. The molecule has 1 N–H and O–H groups in total. The first-order valence-corrected chi connectivity index (χ1v) is 10.1. The van der Waals surface area contributed by atoms with Crippen LogP contribution >= 0.6 is 0 Å². The zero-order valence-corrected chi connectivity index (χ0v) is 15.6. The minimum Gasteiger partial charge on any atom is -0.350 e. The van der Waals surface area contributed by atoms with Gasteiger partial charge in [-0.25, -0.2) is 13.4 Å². The molecule has 1 aromatic heterocycles. The highest BCUT2D eigenvalue weighted by Gasteiger charge is 2.20. The summed E-state index contributed by atoms with van der Waals surface area (Å²) >= 11 is 0. The third kappa shape index (κ3) is 3.48. The van der Waals surface area contributed by atoms with Crippen molar-refractivity contribution in [1.29, 1.82) is 0 Å². The van der Waals surface area contributed by atoms with E-state index in [4.69, 9.17) is 0 Å².